The molecule has 0 bridgehead atoms. The number of carbonyl (C=O) groups is 1. The van der Waals surface area contributed by atoms with Crippen LogP contribution in [0.3, 0.4) is 0 Å². The van der Waals surface area contributed by atoms with E-state index in [0.717, 1.165) is 0 Å². The van der Waals surface area contributed by atoms with Gasteiger partial charge in [-0.15, -0.1) is 0 Å². The van der Waals surface area contributed by atoms with E-state index in [-0.39, 0.29) is 5.91 Å². The Kier molecular flexibility index (Phi) is 4.05. The summed E-state index contributed by atoms with van der Waals surface area (Å²) in [5.74, 6) is 0.607. The number of methoxy groups -OCH3 is 1. The van der Waals surface area contributed by atoms with E-state index in [9.17, 15) is 9.90 Å². The van der Waals surface area contributed by atoms with Crippen molar-refractivity contribution in [3.8, 4) is 5.75 Å². The van der Waals surface area contributed by atoms with Gasteiger partial charge in [0, 0.05) is 28.4 Å². The molecule has 1 unspecified atom stereocenters. The van der Waals surface area contributed by atoms with Crippen LogP contribution in [0.4, 0.5) is 5.69 Å². The molecule has 4 nitrogen and oxygen atoms in total. The predicted octanol–water partition coefficient (Wildman–Crippen LogP) is 3.43. The first-order chi connectivity index (χ1) is 10.6. The SMILES string of the molecule is COc1ccc(C(=O)N2CCC(O)c3cc(Cl)ccc32)cc1. The lowest BCUT2D eigenvalue weighted by molar-refractivity contribution is 0.0970. The van der Waals surface area contributed by atoms with Crippen LogP contribution < -0.4 is 9.64 Å². The molecule has 2 aromatic carbocycles. The minimum Gasteiger partial charge on any atom is -0.497 e. The molecule has 0 saturated heterocycles. The van der Waals surface area contributed by atoms with E-state index in [2.05, 4.69) is 0 Å². The number of benzene rings is 2. The van der Waals surface area contributed by atoms with Crippen LogP contribution in [-0.2, 0) is 0 Å². The normalized spacial score (nSPS) is 17.0. The lowest BCUT2D eigenvalue weighted by atomic mass is 9.98. The summed E-state index contributed by atoms with van der Waals surface area (Å²) in [5, 5.41) is 10.7. The lowest BCUT2D eigenvalue weighted by Crippen LogP contribution is -2.36. The van der Waals surface area contributed by atoms with E-state index >= 15 is 0 Å². The average Bonchev–Trinajstić information content (AvgIpc) is 2.55. The van der Waals surface area contributed by atoms with Crippen LogP contribution in [0.15, 0.2) is 42.5 Å². The number of halogens is 1. The Labute approximate surface area is 133 Å². The molecule has 0 radical (unpaired) electrons. The van der Waals surface area contributed by atoms with Crippen molar-refractivity contribution < 1.29 is 14.6 Å². The fourth-order valence-electron chi connectivity index (χ4n) is 2.67. The van der Waals surface area contributed by atoms with E-state index < -0.39 is 6.10 Å². The maximum absolute atomic E-state index is 12.7. The van der Waals surface area contributed by atoms with Gasteiger partial charge in [0.1, 0.15) is 5.75 Å². The zero-order valence-electron chi connectivity index (χ0n) is 12.1. The zero-order valence-corrected chi connectivity index (χ0v) is 12.9. The van der Waals surface area contributed by atoms with E-state index in [1.807, 2.05) is 0 Å². The van der Waals surface area contributed by atoms with Gasteiger partial charge in [0.05, 0.1) is 13.2 Å². The first-order valence-corrected chi connectivity index (χ1v) is 7.41. The molecular weight excluding hydrogens is 302 g/mol. The molecule has 1 N–H and O–H groups in total. The third-order valence-electron chi connectivity index (χ3n) is 3.85. The standard InChI is InChI=1S/C17H16ClNO3/c1-22-13-5-2-11(3-6-13)17(21)19-9-8-16(20)14-10-12(18)4-7-15(14)19/h2-7,10,16,20H,8-9H2,1H3. The van der Waals surface area contributed by atoms with Crippen LogP contribution in [0, 0.1) is 0 Å². The number of rotatable bonds is 2. The Balaban J connectivity index is 1.95. The molecule has 0 saturated carbocycles. The van der Waals surface area contributed by atoms with Gasteiger partial charge in [-0.25, -0.2) is 0 Å². The number of aliphatic hydroxyl groups is 1. The maximum Gasteiger partial charge on any atom is 0.258 e. The van der Waals surface area contributed by atoms with Gasteiger partial charge in [-0.2, -0.15) is 0 Å². The second-order valence-corrected chi connectivity index (χ2v) is 5.63. The number of nitrogens with zero attached hydrogens (tertiary/aromatic N) is 1. The summed E-state index contributed by atoms with van der Waals surface area (Å²) in [6.07, 6.45) is -0.0940. The molecule has 1 amide bonds. The Morgan fingerprint density at radius 1 is 1.27 bits per heavy atom. The number of hydrogen-bond acceptors (Lipinski definition) is 3. The number of anilines is 1. The van der Waals surface area contributed by atoms with Crippen molar-refractivity contribution in [1.82, 2.24) is 0 Å². The molecule has 0 aliphatic carbocycles. The van der Waals surface area contributed by atoms with Gasteiger partial charge in [-0.05, 0) is 48.9 Å². The summed E-state index contributed by atoms with van der Waals surface area (Å²) in [6, 6.07) is 12.2. The molecule has 1 atom stereocenters. The Morgan fingerprint density at radius 3 is 2.68 bits per heavy atom. The highest BCUT2D eigenvalue weighted by atomic mass is 35.5. The number of amides is 1. The minimum absolute atomic E-state index is 0.0990. The largest absolute Gasteiger partial charge is 0.497 e. The van der Waals surface area contributed by atoms with Gasteiger partial charge >= 0.3 is 0 Å². The smallest absolute Gasteiger partial charge is 0.258 e. The van der Waals surface area contributed by atoms with Crippen LogP contribution in [0.2, 0.25) is 5.02 Å². The summed E-state index contributed by atoms with van der Waals surface area (Å²) in [7, 11) is 1.59. The molecule has 1 heterocycles. The van der Waals surface area contributed by atoms with Gasteiger partial charge < -0.3 is 14.7 Å². The van der Waals surface area contributed by atoms with Gasteiger partial charge in [0.15, 0.2) is 0 Å². The second-order valence-electron chi connectivity index (χ2n) is 5.19. The summed E-state index contributed by atoms with van der Waals surface area (Å²) in [6.45, 7) is 0.473. The highest BCUT2D eigenvalue weighted by molar-refractivity contribution is 6.30. The van der Waals surface area contributed by atoms with Gasteiger partial charge in [-0.3, -0.25) is 4.79 Å². The first-order valence-electron chi connectivity index (χ1n) is 7.03. The summed E-state index contributed by atoms with van der Waals surface area (Å²) < 4.78 is 5.11. The fourth-order valence-corrected chi connectivity index (χ4v) is 2.85. The third kappa shape index (κ3) is 2.67. The van der Waals surface area contributed by atoms with Crippen LogP contribution in [-0.4, -0.2) is 24.7 Å². The Hall–Kier alpha value is -2.04. The van der Waals surface area contributed by atoms with Crippen molar-refractivity contribution in [1.29, 1.82) is 0 Å². The summed E-state index contributed by atoms with van der Waals surface area (Å²) in [5.41, 5.74) is 1.99. The van der Waals surface area contributed by atoms with Crippen molar-refractivity contribution >= 4 is 23.2 Å². The van der Waals surface area contributed by atoms with Crippen LogP contribution in [0.5, 0.6) is 5.75 Å². The highest BCUT2D eigenvalue weighted by Crippen LogP contribution is 2.36. The van der Waals surface area contributed by atoms with Crippen LogP contribution in [0.25, 0.3) is 0 Å². The van der Waals surface area contributed by atoms with Gasteiger partial charge in [0.2, 0.25) is 0 Å². The molecular formula is C17H16ClNO3. The van der Waals surface area contributed by atoms with Crippen LogP contribution >= 0.6 is 11.6 Å². The van der Waals surface area contributed by atoms with Crippen molar-refractivity contribution in [3.63, 3.8) is 0 Å². The number of ether oxygens (including phenoxy) is 1. The minimum atomic E-state index is -0.589. The molecule has 0 fully saturated rings. The molecule has 22 heavy (non-hydrogen) atoms. The van der Waals surface area contributed by atoms with Gasteiger partial charge in [0.25, 0.3) is 5.91 Å². The van der Waals surface area contributed by atoms with Crippen molar-refractivity contribution in [2.24, 2.45) is 0 Å². The number of aliphatic hydroxyl groups excluding tert-OH is 1. The van der Waals surface area contributed by atoms with Crippen LogP contribution in [0.1, 0.15) is 28.4 Å². The molecule has 2 aromatic rings. The molecule has 0 aromatic heterocycles. The summed E-state index contributed by atoms with van der Waals surface area (Å²) in [4.78, 5) is 14.4. The van der Waals surface area contributed by atoms with E-state index in [0.29, 0.717) is 40.6 Å². The lowest BCUT2D eigenvalue weighted by Gasteiger charge is -2.32. The van der Waals surface area contributed by atoms with E-state index in [1.54, 1.807) is 54.5 Å². The monoisotopic (exact) mass is 317 g/mol. The number of carbonyl (C=O) groups excluding carboxylic acids is 1. The van der Waals surface area contributed by atoms with E-state index in [1.165, 1.54) is 0 Å². The number of fused-ring (bicyclic) bond motifs is 1. The molecule has 3 rings (SSSR count). The topological polar surface area (TPSA) is 49.8 Å². The zero-order chi connectivity index (χ0) is 15.7. The molecule has 1 aliphatic heterocycles. The predicted molar refractivity (Wildman–Crippen MR) is 85.7 cm³/mol. The Bertz CT molecular complexity index is 700. The molecule has 114 valence electrons. The summed E-state index contributed by atoms with van der Waals surface area (Å²) >= 11 is 5.99. The van der Waals surface area contributed by atoms with Gasteiger partial charge in [-0.1, -0.05) is 11.6 Å². The second kappa shape index (κ2) is 5.99. The third-order valence-corrected chi connectivity index (χ3v) is 4.08. The molecule has 5 heteroatoms. The van der Waals surface area contributed by atoms with Crippen molar-refractivity contribution in [2.75, 3.05) is 18.6 Å². The highest BCUT2D eigenvalue weighted by Gasteiger charge is 2.28. The average molecular weight is 318 g/mol. The quantitative estimate of drug-likeness (QED) is 0.923. The Morgan fingerprint density at radius 2 is 2.00 bits per heavy atom. The molecule has 1 aliphatic rings. The van der Waals surface area contributed by atoms with Crippen molar-refractivity contribution in [2.45, 2.75) is 12.5 Å². The first kappa shape index (κ1) is 14.9. The molecule has 0 spiro atoms. The van der Waals surface area contributed by atoms with E-state index in [4.69, 9.17) is 16.3 Å². The fraction of sp³-hybridized carbons (Fsp3) is 0.235. The maximum atomic E-state index is 12.7. The number of hydrogen-bond donors (Lipinski definition) is 1. The van der Waals surface area contributed by atoms with Crippen molar-refractivity contribution in [3.05, 3.63) is 58.6 Å².